The molecule has 4 atom stereocenters. The average molecular weight is 437 g/mol. The highest BCUT2D eigenvalue weighted by atomic mass is 19.4. The molecular formula is C15H19F8N5O. The number of nitrogens with zero attached hydrogens (tertiary/aromatic N) is 3. The summed E-state index contributed by atoms with van der Waals surface area (Å²) in [5.41, 5.74) is 0. The number of nitrogens with one attached hydrogen (secondary N) is 2. The van der Waals surface area contributed by atoms with E-state index in [1.165, 1.54) is 0 Å². The van der Waals surface area contributed by atoms with Crippen LogP contribution in [0.4, 0.5) is 47.0 Å². The summed E-state index contributed by atoms with van der Waals surface area (Å²) < 4.78 is 104. The summed E-state index contributed by atoms with van der Waals surface area (Å²) >= 11 is 0. The van der Waals surface area contributed by atoms with Crippen molar-refractivity contribution in [1.82, 2.24) is 15.0 Å². The third-order valence-electron chi connectivity index (χ3n) is 4.51. The molecule has 1 aliphatic carbocycles. The molecule has 0 aromatic carbocycles. The van der Waals surface area contributed by atoms with Crippen LogP contribution < -0.4 is 10.6 Å². The van der Waals surface area contributed by atoms with Crippen molar-refractivity contribution in [2.45, 2.75) is 75.5 Å². The molecule has 1 aromatic heterocycles. The highest BCUT2D eigenvalue weighted by Crippen LogP contribution is 2.40. The first-order valence-corrected chi connectivity index (χ1v) is 8.58. The monoisotopic (exact) mass is 437 g/mol. The summed E-state index contributed by atoms with van der Waals surface area (Å²) in [5.74, 6) is -5.85. The van der Waals surface area contributed by atoms with Crippen LogP contribution in [-0.4, -0.2) is 56.5 Å². The fourth-order valence-corrected chi connectivity index (χ4v) is 2.58. The summed E-state index contributed by atoms with van der Waals surface area (Å²) in [7, 11) is 0. The van der Waals surface area contributed by atoms with Crippen LogP contribution in [-0.2, 0) is 0 Å². The van der Waals surface area contributed by atoms with Gasteiger partial charge in [-0.1, -0.05) is 0 Å². The standard InChI is InChI=1S/C15H19F8N5O/c1-6(14(18,19)20)24-11-26-10(8-3-4-13(16,17)9(29)5-8)27-12(28-11)25-7(2)15(21,22)23/h6-9,29H,3-5H2,1-2H3,(H2,24,25,26,27,28)/t6-,7-,8?,9-/m1/s1. The largest absolute Gasteiger partial charge is 0.408 e. The molecule has 0 amide bonds. The van der Waals surface area contributed by atoms with E-state index in [0.29, 0.717) is 0 Å². The normalized spacial score (nSPS) is 24.7. The summed E-state index contributed by atoms with van der Waals surface area (Å²) in [6.45, 7) is 1.50. The molecule has 0 aliphatic heterocycles. The number of hydrogen-bond acceptors (Lipinski definition) is 6. The number of alkyl halides is 8. The van der Waals surface area contributed by atoms with Crippen LogP contribution in [0.2, 0.25) is 0 Å². The lowest BCUT2D eigenvalue weighted by molar-refractivity contribution is -0.139. The molecule has 1 heterocycles. The van der Waals surface area contributed by atoms with Gasteiger partial charge in [0, 0.05) is 12.3 Å². The molecule has 0 radical (unpaired) electrons. The number of rotatable bonds is 5. The van der Waals surface area contributed by atoms with Crippen molar-refractivity contribution in [3.8, 4) is 0 Å². The molecule has 1 saturated carbocycles. The van der Waals surface area contributed by atoms with Crippen molar-refractivity contribution < 1.29 is 40.2 Å². The third kappa shape index (κ3) is 6.00. The molecule has 3 N–H and O–H groups in total. The van der Waals surface area contributed by atoms with Crippen LogP contribution >= 0.6 is 0 Å². The van der Waals surface area contributed by atoms with Crippen molar-refractivity contribution in [3.63, 3.8) is 0 Å². The summed E-state index contributed by atoms with van der Waals surface area (Å²) in [6, 6.07) is -4.26. The predicted molar refractivity (Wildman–Crippen MR) is 85.7 cm³/mol. The molecular weight excluding hydrogens is 418 g/mol. The quantitative estimate of drug-likeness (QED) is 0.607. The molecule has 0 saturated heterocycles. The smallest absolute Gasteiger partial charge is 0.387 e. The highest BCUT2D eigenvalue weighted by Gasteiger charge is 2.45. The van der Waals surface area contributed by atoms with Gasteiger partial charge in [0.25, 0.3) is 5.92 Å². The van der Waals surface area contributed by atoms with Gasteiger partial charge >= 0.3 is 12.4 Å². The second-order valence-electron chi connectivity index (χ2n) is 6.90. The molecule has 1 aliphatic rings. The van der Waals surface area contributed by atoms with Gasteiger partial charge in [-0.15, -0.1) is 0 Å². The maximum Gasteiger partial charge on any atom is 0.408 e. The molecule has 1 unspecified atom stereocenters. The zero-order valence-corrected chi connectivity index (χ0v) is 15.2. The molecule has 1 fully saturated rings. The van der Waals surface area contributed by atoms with E-state index in [0.717, 1.165) is 13.8 Å². The zero-order chi connectivity index (χ0) is 22.2. The highest BCUT2D eigenvalue weighted by molar-refractivity contribution is 5.37. The van der Waals surface area contributed by atoms with E-state index in [-0.39, 0.29) is 12.2 Å². The van der Waals surface area contributed by atoms with Crippen molar-refractivity contribution in [2.24, 2.45) is 0 Å². The Kier molecular flexibility index (Phi) is 6.45. The minimum Gasteiger partial charge on any atom is -0.387 e. The lowest BCUT2D eigenvalue weighted by atomic mass is 9.84. The van der Waals surface area contributed by atoms with Crippen molar-refractivity contribution in [3.05, 3.63) is 5.82 Å². The topological polar surface area (TPSA) is 83.0 Å². The van der Waals surface area contributed by atoms with Crippen LogP contribution in [0.1, 0.15) is 44.9 Å². The fraction of sp³-hybridized carbons (Fsp3) is 0.800. The molecule has 6 nitrogen and oxygen atoms in total. The van der Waals surface area contributed by atoms with Gasteiger partial charge in [-0.2, -0.15) is 41.3 Å². The summed E-state index contributed by atoms with van der Waals surface area (Å²) in [6.07, 6.45) is -12.9. The molecule has 2 rings (SSSR count). The van der Waals surface area contributed by atoms with Crippen molar-refractivity contribution >= 4 is 11.9 Å². The first kappa shape index (κ1) is 23.3. The SMILES string of the molecule is C[C@@H](Nc1nc(N[C@H](C)C(F)(F)F)nc(C2CCC(F)(F)[C@H](O)C2)n1)C(F)(F)F. The Morgan fingerprint density at radius 3 is 1.76 bits per heavy atom. The number of aliphatic hydroxyl groups is 1. The number of anilines is 2. The maximum atomic E-state index is 13.5. The van der Waals surface area contributed by atoms with Gasteiger partial charge in [0.15, 0.2) is 0 Å². The van der Waals surface area contributed by atoms with Crippen molar-refractivity contribution in [2.75, 3.05) is 10.6 Å². The second kappa shape index (κ2) is 8.03. The molecule has 29 heavy (non-hydrogen) atoms. The maximum absolute atomic E-state index is 13.5. The van der Waals surface area contributed by atoms with E-state index in [1.54, 1.807) is 0 Å². The Hall–Kier alpha value is -1.99. The van der Waals surface area contributed by atoms with Crippen LogP contribution in [0, 0.1) is 0 Å². The van der Waals surface area contributed by atoms with Crippen LogP contribution in [0.3, 0.4) is 0 Å². The Morgan fingerprint density at radius 1 is 0.931 bits per heavy atom. The van der Waals surface area contributed by atoms with E-state index in [9.17, 15) is 40.2 Å². The Morgan fingerprint density at radius 2 is 1.38 bits per heavy atom. The Balaban J connectivity index is 2.34. The lowest BCUT2D eigenvalue weighted by Gasteiger charge is -2.32. The first-order valence-electron chi connectivity index (χ1n) is 8.58. The number of halogens is 8. The third-order valence-corrected chi connectivity index (χ3v) is 4.51. The number of aliphatic hydroxyl groups excluding tert-OH is 1. The first-order chi connectivity index (χ1) is 13.1. The van der Waals surface area contributed by atoms with Gasteiger partial charge in [0.1, 0.15) is 24.0 Å². The molecule has 1 aromatic rings. The van der Waals surface area contributed by atoms with E-state index >= 15 is 0 Å². The molecule has 14 heteroatoms. The minimum absolute atomic E-state index is 0.212. The van der Waals surface area contributed by atoms with Crippen molar-refractivity contribution in [1.29, 1.82) is 0 Å². The predicted octanol–water partition coefficient (Wildman–Crippen LogP) is 3.86. The van der Waals surface area contributed by atoms with E-state index in [2.05, 4.69) is 15.0 Å². The number of hydrogen-bond donors (Lipinski definition) is 3. The van der Waals surface area contributed by atoms with Gasteiger partial charge in [-0.05, 0) is 26.7 Å². The van der Waals surface area contributed by atoms with Gasteiger partial charge in [0.2, 0.25) is 11.9 Å². The minimum atomic E-state index is -4.69. The number of aromatic nitrogens is 3. The van der Waals surface area contributed by atoms with E-state index in [4.69, 9.17) is 0 Å². The van der Waals surface area contributed by atoms with Crippen LogP contribution in [0.5, 0.6) is 0 Å². The molecule has 0 spiro atoms. The fourth-order valence-electron chi connectivity index (χ4n) is 2.58. The van der Waals surface area contributed by atoms with Gasteiger partial charge in [-0.3, -0.25) is 0 Å². The summed E-state index contributed by atoms with van der Waals surface area (Å²) in [4.78, 5) is 11.0. The molecule has 0 bridgehead atoms. The van der Waals surface area contributed by atoms with E-state index < -0.39 is 67.1 Å². The van der Waals surface area contributed by atoms with Crippen LogP contribution in [0.25, 0.3) is 0 Å². The Bertz CT molecular complexity index is 671. The molecule has 166 valence electrons. The zero-order valence-electron chi connectivity index (χ0n) is 15.2. The lowest BCUT2D eigenvalue weighted by Crippen LogP contribution is -2.39. The summed E-state index contributed by atoms with van der Waals surface area (Å²) in [5, 5.41) is 13.4. The van der Waals surface area contributed by atoms with Gasteiger partial charge in [-0.25, -0.2) is 8.78 Å². The second-order valence-corrected chi connectivity index (χ2v) is 6.90. The van der Waals surface area contributed by atoms with Gasteiger partial charge < -0.3 is 15.7 Å². The van der Waals surface area contributed by atoms with Crippen LogP contribution in [0.15, 0.2) is 0 Å². The van der Waals surface area contributed by atoms with Gasteiger partial charge in [0.05, 0.1) is 0 Å². The van der Waals surface area contributed by atoms with E-state index in [1.807, 2.05) is 10.6 Å². The Labute approximate surface area is 160 Å². The average Bonchev–Trinajstić information content (AvgIpc) is 2.55.